The van der Waals surface area contributed by atoms with Gasteiger partial charge in [0.2, 0.25) is 0 Å². The molecule has 5 heteroatoms. The van der Waals surface area contributed by atoms with E-state index in [0.717, 1.165) is 22.9 Å². The molecular weight excluding hydrogens is 263 g/mol. The van der Waals surface area contributed by atoms with E-state index >= 15 is 0 Å². The normalized spacial score (nSPS) is 17.1. The lowest BCUT2D eigenvalue weighted by Crippen LogP contribution is -2.42. The maximum absolute atomic E-state index is 13.1. The lowest BCUT2D eigenvalue weighted by molar-refractivity contribution is 0.0720. The highest BCUT2D eigenvalue weighted by atomic mass is 32.1. The summed E-state index contributed by atoms with van der Waals surface area (Å²) >= 11 is 1.35. The molecule has 0 unspecified atom stereocenters. The van der Waals surface area contributed by atoms with E-state index in [1.807, 2.05) is 11.0 Å². The number of piperidine rings is 1. The number of benzene rings is 1. The van der Waals surface area contributed by atoms with Gasteiger partial charge >= 0.3 is 0 Å². The molecule has 1 saturated heterocycles. The summed E-state index contributed by atoms with van der Waals surface area (Å²) in [7, 11) is 0. The van der Waals surface area contributed by atoms with Crippen LogP contribution in [0.3, 0.4) is 0 Å². The Balaban J connectivity index is 1.85. The number of nitrogens with two attached hydrogens (primary N) is 1. The van der Waals surface area contributed by atoms with Crippen molar-refractivity contribution in [2.45, 2.75) is 18.9 Å². The molecule has 1 aliphatic heterocycles. The average molecular weight is 278 g/mol. The number of carbonyl (C=O) groups excluding carboxylic acids is 1. The van der Waals surface area contributed by atoms with Gasteiger partial charge in [0, 0.05) is 23.8 Å². The van der Waals surface area contributed by atoms with Gasteiger partial charge in [-0.2, -0.15) is 0 Å². The first-order valence-corrected chi connectivity index (χ1v) is 7.19. The quantitative estimate of drug-likeness (QED) is 0.871. The van der Waals surface area contributed by atoms with Gasteiger partial charge in [-0.3, -0.25) is 4.79 Å². The molecule has 1 aliphatic rings. The van der Waals surface area contributed by atoms with E-state index in [1.54, 1.807) is 6.07 Å². The molecular formula is C14H15FN2OS. The zero-order valence-corrected chi connectivity index (χ0v) is 11.3. The lowest BCUT2D eigenvalue weighted by atomic mass is 10.1. The molecule has 19 heavy (non-hydrogen) atoms. The van der Waals surface area contributed by atoms with Crippen LogP contribution in [-0.4, -0.2) is 29.9 Å². The molecule has 100 valence electrons. The van der Waals surface area contributed by atoms with Crippen LogP contribution < -0.4 is 5.73 Å². The minimum absolute atomic E-state index is 0.0357. The molecule has 0 atom stereocenters. The van der Waals surface area contributed by atoms with Crippen molar-refractivity contribution in [2.24, 2.45) is 5.73 Å². The van der Waals surface area contributed by atoms with Gasteiger partial charge in [0.05, 0.1) is 4.88 Å². The zero-order chi connectivity index (χ0) is 13.4. The molecule has 1 aromatic carbocycles. The molecule has 0 bridgehead atoms. The third-order valence-electron chi connectivity index (χ3n) is 3.52. The van der Waals surface area contributed by atoms with E-state index in [-0.39, 0.29) is 17.8 Å². The molecule has 2 aromatic rings. The smallest absolute Gasteiger partial charge is 0.263 e. The second kappa shape index (κ2) is 4.90. The molecule has 0 radical (unpaired) electrons. The number of hydrogen-bond donors (Lipinski definition) is 1. The second-order valence-electron chi connectivity index (χ2n) is 4.92. The minimum atomic E-state index is -0.266. The van der Waals surface area contributed by atoms with Crippen LogP contribution in [0.15, 0.2) is 24.3 Å². The van der Waals surface area contributed by atoms with Crippen LogP contribution in [0.1, 0.15) is 22.5 Å². The second-order valence-corrected chi connectivity index (χ2v) is 6.01. The van der Waals surface area contributed by atoms with Crippen molar-refractivity contribution in [1.82, 2.24) is 4.90 Å². The topological polar surface area (TPSA) is 46.3 Å². The summed E-state index contributed by atoms with van der Waals surface area (Å²) in [5, 5.41) is 0.920. The van der Waals surface area contributed by atoms with Crippen molar-refractivity contribution >= 4 is 27.3 Å². The van der Waals surface area contributed by atoms with E-state index in [1.165, 1.54) is 23.5 Å². The third-order valence-corrected chi connectivity index (χ3v) is 4.61. The predicted molar refractivity (Wildman–Crippen MR) is 74.9 cm³/mol. The van der Waals surface area contributed by atoms with Gasteiger partial charge in [-0.15, -0.1) is 11.3 Å². The summed E-state index contributed by atoms with van der Waals surface area (Å²) in [4.78, 5) is 14.9. The van der Waals surface area contributed by atoms with Crippen molar-refractivity contribution in [1.29, 1.82) is 0 Å². The molecule has 1 amide bonds. The predicted octanol–water partition coefficient (Wildman–Crippen LogP) is 2.60. The van der Waals surface area contributed by atoms with Gasteiger partial charge in [-0.1, -0.05) is 6.07 Å². The summed E-state index contributed by atoms with van der Waals surface area (Å²) in [6, 6.07) is 6.66. The maximum Gasteiger partial charge on any atom is 0.263 e. The van der Waals surface area contributed by atoms with Gasteiger partial charge in [0.15, 0.2) is 0 Å². The molecule has 0 saturated carbocycles. The van der Waals surface area contributed by atoms with E-state index in [9.17, 15) is 9.18 Å². The fourth-order valence-corrected chi connectivity index (χ4v) is 3.42. The van der Waals surface area contributed by atoms with Crippen LogP contribution >= 0.6 is 11.3 Å². The molecule has 2 N–H and O–H groups in total. The summed E-state index contributed by atoms with van der Waals surface area (Å²) < 4.78 is 14.0. The van der Waals surface area contributed by atoms with Crippen LogP contribution in [0.25, 0.3) is 10.1 Å². The van der Waals surface area contributed by atoms with Gasteiger partial charge < -0.3 is 10.6 Å². The summed E-state index contributed by atoms with van der Waals surface area (Å²) in [6.07, 6.45) is 1.70. The third kappa shape index (κ3) is 2.48. The van der Waals surface area contributed by atoms with Crippen LogP contribution in [0.5, 0.6) is 0 Å². The standard InChI is InChI=1S/C14H15FN2OS/c15-10-2-1-9-7-13(19-12(9)8-10)14(18)17-5-3-11(16)4-6-17/h1-2,7-8,11H,3-6,16H2. The highest BCUT2D eigenvalue weighted by Gasteiger charge is 2.22. The van der Waals surface area contributed by atoms with E-state index < -0.39 is 0 Å². The number of carbonyl (C=O) groups is 1. The molecule has 3 rings (SSSR count). The average Bonchev–Trinajstić information content (AvgIpc) is 2.81. The maximum atomic E-state index is 13.1. The van der Waals surface area contributed by atoms with Gasteiger partial charge in [-0.05, 0) is 36.4 Å². The Hall–Kier alpha value is -1.46. The SMILES string of the molecule is NC1CCN(C(=O)c2cc3ccc(F)cc3s2)CC1. The zero-order valence-electron chi connectivity index (χ0n) is 10.4. The molecule has 1 aromatic heterocycles. The Morgan fingerprint density at radius 3 is 2.79 bits per heavy atom. The number of nitrogens with zero attached hydrogens (tertiary/aromatic N) is 1. The van der Waals surface area contributed by atoms with Crippen molar-refractivity contribution in [3.63, 3.8) is 0 Å². The van der Waals surface area contributed by atoms with Crippen molar-refractivity contribution in [3.8, 4) is 0 Å². The lowest BCUT2D eigenvalue weighted by Gasteiger charge is -2.29. The van der Waals surface area contributed by atoms with Crippen LogP contribution in [-0.2, 0) is 0 Å². The molecule has 3 nitrogen and oxygen atoms in total. The Kier molecular flexibility index (Phi) is 3.24. The first-order valence-electron chi connectivity index (χ1n) is 6.37. The van der Waals surface area contributed by atoms with Crippen molar-refractivity contribution in [2.75, 3.05) is 13.1 Å². The summed E-state index contributed by atoms with van der Waals surface area (Å²) in [6.45, 7) is 1.42. The fraction of sp³-hybridized carbons (Fsp3) is 0.357. The molecule has 2 heterocycles. The number of fused-ring (bicyclic) bond motifs is 1. The highest BCUT2D eigenvalue weighted by Crippen LogP contribution is 2.28. The first kappa shape index (κ1) is 12.6. The van der Waals surface area contributed by atoms with Gasteiger partial charge in [0.1, 0.15) is 5.82 Å². The minimum Gasteiger partial charge on any atom is -0.338 e. The number of hydrogen-bond acceptors (Lipinski definition) is 3. The van der Waals surface area contributed by atoms with Crippen LogP contribution in [0.4, 0.5) is 4.39 Å². The Morgan fingerprint density at radius 2 is 2.05 bits per heavy atom. The van der Waals surface area contributed by atoms with E-state index in [4.69, 9.17) is 5.73 Å². The van der Waals surface area contributed by atoms with Gasteiger partial charge in [-0.25, -0.2) is 4.39 Å². The number of amides is 1. The number of thiophene rings is 1. The van der Waals surface area contributed by atoms with Crippen molar-refractivity contribution < 1.29 is 9.18 Å². The summed E-state index contributed by atoms with van der Waals surface area (Å²) in [5.74, 6) is -0.231. The fourth-order valence-electron chi connectivity index (χ4n) is 2.37. The Labute approximate surface area is 114 Å². The Bertz CT molecular complexity index is 617. The van der Waals surface area contributed by atoms with E-state index in [0.29, 0.717) is 18.0 Å². The highest BCUT2D eigenvalue weighted by molar-refractivity contribution is 7.20. The van der Waals surface area contributed by atoms with Crippen molar-refractivity contribution in [3.05, 3.63) is 35.0 Å². The summed E-state index contributed by atoms with van der Waals surface area (Å²) in [5.41, 5.74) is 5.84. The largest absolute Gasteiger partial charge is 0.338 e. The number of halogens is 1. The van der Waals surface area contributed by atoms with Crippen LogP contribution in [0, 0.1) is 5.82 Å². The number of likely N-dealkylation sites (tertiary alicyclic amines) is 1. The van der Waals surface area contributed by atoms with Crippen LogP contribution in [0.2, 0.25) is 0 Å². The first-order chi connectivity index (χ1) is 9.13. The molecule has 0 spiro atoms. The molecule has 0 aliphatic carbocycles. The number of rotatable bonds is 1. The Morgan fingerprint density at radius 1 is 1.32 bits per heavy atom. The monoisotopic (exact) mass is 278 g/mol. The van der Waals surface area contributed by atoms with Gasteiger partial charge in [0.25, 0.3) is 5.91 Å². The van der Waals surface area contributed by atoms with E-state index in [2.05, 4.69) is 0 Å². The molecule has 1 fully saturated rings.